The van der Waals surface area contributed by atoms with Gasteiger partial charge in [-0.15, -0.1) is 11.5 Å². The second kappa shape index (κ2) is 4.95. The topological polar surface area (TPSA) is 17.8 Å². The third-order valence-corrected chi connectivity index (χ3v) is 3.40. The van der Waals surface area contributed by atoms with Crippen molar-refractivity contribution in [3.63, 3.8) is 0 Å². The van der Waals surface area contributed by atoms with Gasteiger partial charge >= 0.3 is 0 Å². The summed E-state index contributed by atoms with van der Waals surface area (Å²) in [5, 5.41) is 4.91. The van der Waals surface area contributed by atoms with E-state index in [1.54, 1.807) is 16.9 Å². The zero-order chi connectivity index (χ0) is 13.2. The molecule has 0 aliphatic rings. The van der Waals surface area contributed by atoms with Crippen LogP contribution in [0, 0.1) is 17.3 Å². The standard InChI is InChI=1S/C14H17FN2Si/c1-18(2,3)10-5-4-9-17-11-12-13(15)7-6-8-14(12)16-17/h6-8,11H,4,9H2,1-3H3. The maximum absolute atomic E-state index is 13.5. The average molecular weight is 260 g/mol. The highest BCUT2D eigenvalue weighted by Crippen LogP contribution is 2.15. The van der Waals surface area contributed by atoms with Crippen LogP contribution in [0.1, 0.15) is 6.42 Å². The van der Waals surface area contributed by atoms with Crippen LogP contribution in [0.4, 0.5) is 4.39 Å². The van der Waals surface area contributed by atoms with Crippen LogP contribution >= 0.6 is 0 Å². The van der Waals surface area contributed by atoms with Crippen molar-refractivity contribution in [3.05, 3.63) is 30.2 Å². The summed E-state index contributed by atoms with van der Waals surface area (Å²) in [6, 6.07) is 4.96. The lowest BCUT2D eigenvalue weighted by Crippen LogP contribution is -2.16. The van der Waals surface area contributed by atoms with Gasteiger partial charge in [0.05, 0.1) is 17.4 Å². The summed E-state index contributed by atoms with van der Waals surface area (Å²) in [7, 11) is -1.29. The summed E-state index contributed by atoms with van der Waals surface area (Å²) in [6.07, 6.45) is 2.51. The normalized spacial score (nSPS) is 11.3. The van der Waals surface area contributed by atoms with Gasteiger partial charge in [-0.3, -0.25) is 4.68 Å². The molecule has 2 aromatic rings. The maximum atomic E-state index is 13.5. The summed E-state index contributed by atoms with van der Waals surface area (Å²) in [4.78, 5) is 0. The first-order valence-corrected chi connectivity index (χ1v) is 9.57. The molecule has 0 unspecified atom stereocenters. The predicted molar refractivity (Wildman–Crippen MR) is 75.4 cm³/mol. The minimum Gasteiger partial charge on any atom is -0.270 e. The van der Waals surface area contributed by atoms with Crippen LogP contribution in [0.25, 0.3) is 10.9 Å². The van der Waals surface area contributed by atoms with Crippen LogP contribution in [0.5, 0.6) is 0 Å². The van der Waals surface area contributed by atoms with E-state index < -0.39 is 8.07 Å². The number of aromatic nitrogens is 2. The van der Waals surface area contributed by atoms with E-state index >= 15 is 0 Å². The number of hydrogen-bond donors (Lipinski definition) is 0. The van der Waals surface area contributed by atoms with Gasteiger partial charge in [0, 0.05) is 12.6 Å². The van der Waals surface area contributed by atoms with Crippen LogP contribution in [-0.2, 0) is 6.54 Å². The molecule has 0 N–H and O–H groups in total. The molecule has 0 fully saturated rings. The lowest BCUT2D eigenvalue weighted by molar-refractivity contribution is 0.630. The molecule has 0 amide bonds. The average Bonchev–Trinajstić information content (AvgIpc) is 2.68. The first-order valence-electron chi connectivity index (χ1n) is 6.07. The zero-order valence-electron chi connectivity index (χ0n) is 11.0. The fraction of sp³-hybridized carbons (Fsp3) is 0.357. The molecule has 0 saturated carbocycles. The molecule has 94 valence electrons. The maximum Gasteiger partial charge on any atom is 0.134 e. The van der Waals surface area contributed by atoms with E-state index in [9.17, 15) is 4.39 Å². The SMILES string of the molecule is C[Si](C)(C)C#CCCn1cc2c(F)cccc2n1. The van der Waals surface area contributed by atoms with Gasteiger partial charge in [-0.1, -0.05) is 25.7 Å². The molecule has 0 radical (unpaired) electrons. The Morgan fingerprint density at radius 3 is 2.78 bits per heavy atom. The number of rotatable bonds is 2. The Balaban J connectivity index is 2.08. The summed E-state index contributed by atoms with van der Waals surface area (Å²) in [5.41, 5.74) is 4.01. The lowest BCUT2D eigenvalue weighted by Gasteiger charge is -2.03. The quantitative estimate of drug-likeness (QED) is 0.597. The van der Waals surface area contributed by atoms with E-state index in [-0.39, 0.29) is 5.82 Å². The van der Waals surface area contributed by atoms with Crippen molar-refractivity contribution < 1.29 is 4.39 Å². The van der Waals surface area contributed by atoms with Crippen molar-refractivity contribution in [1.82, 2.24) is 9.78 Å². The molecule has 0 bridgehead atoms. The number of aryl methyl sites for hydroxylation is 1. The molecular weight excluding hydrogens is 243 g/mol. The monoisotopic (exact) mass is 260 g/mol. The van der Waals surface area contributed by atoms with Crippen molar-refractivity contribution in [3.8, 4) is 11.5 Å². The number of nitrogens with zero attached hydrogens (tertiary/aromatic N) is 2. The largest absolute Gasteiger partial charge is 0.270 e. The fourth-order valence-electron chi connectivity index (χ4n) is 1.67. The lowest BCUT2D eigenvalue weighted by atomic mass is 10.2. The Kier molecular flexibility index (Phi) is 3.53. The van der Waals surface area contributed by atoms with E-state index in [0.717, 1.165) is 6.42 Å². The van der Waals surface area contributed by atoms with E-state index in [0.29, 0.717) is 17.4 Å². The molecule has 1 aromatic carbocycles. The van der Waals surface area contributed by atoms with Gasteiger partial charge in [0.2, 0.25) is 0 Å². The van der Waals surface area contributed by atoms with Crippen LogP contribution in [0.15, 0.2) is 24.4 Å². The van der Waals surface area contributed by atoms with Crippen molar-refractivity contribution in [2.45, 2.75) is 32.6 Å². The van der Waals surface area contributed by atoms with Crippen LogP contribution in [0.3, 0.4) is 0 Å². The van der Waals surface area contributed by atoms with Gasteiger partial charge in [-0.25, -0.2) is 4.39 Å². The second-order valence-corrected chi connectivity index (χ2v) is 10.1. The van der Waals surface area contributed by atoms with Gasteiger partial charge in [-0.05, 0) is 12.1 Å². The highest BCUT2D eigenvalue weighted by molar-refractivity contribution is 6.83. The number of hydrogen-bond acceptors (Lipinski definition) is 1. The Morgan fingerprint density at radius 1 is 1.33 bits per heavy atom. The number of benzene rings is 1. The third-order valence-electron chi connectivity index (χ3n) is 2.47. The highest BCUT2D eigenvalue weighted by atomic mass is 28.3. The molecule has 4 heteroatoms. The molecular formula is C14H17FN2Si. The van der Waals surface area contributed by atoms with E-state index in [1.165, 1.54) is 6.07 Å². The van der Waals surface area contributed by atoms with Crippen molar-refractivity contribution in [1.29, 1.82) is 0 Å². The van der Waals surface area contributed by atoms with E-state index in [2.05, 4.69) is 36.2 Å². The van der Waals surface area contributed by atoms with Crippen LogP contribution < -0.4 is 0 Å². The molecule has 2 nitrogen and oxygen atoms in total. The smallest absolute Gasteiger partial charge is 0.134 e. The number of halogens is 1. The Labute approximate surface area is 108 Å². The molecule has 1 aromatic heterocycles. The predicted octanol–water partition coefficient (Wildman–Crippen LogP) is 3.45. The first kappa shape index (κ1) is 12.8. The first-order chi connectivity index (χ1) is 8.46. The molecule has 2 rings (SSSR count). The second-order valence-electron chi connectivity index (χ2n) is 5.37. The third kappa shape index (κ3) is 3.20. The molecule has 0 saturated heterocycles. The molecule has 0 aliphatic carbocycles. The van der Waals surface area contributed by atoms with Crippen LogP contribution in [0.2, 0.25) is 19.6 Å². The Morgan fingerprint density at radius 2 is 2.11 bits per heavy atom. The van der Waals surface area contributed by atoms with Gasteiger partial charge < -0.3 is 0 Å². The Bertz CT molecular complexity index is 614. The molecule has 0 aliphatic heterocycles. The molecule has 1 heterocycles. The minimum atomic E-state index is -1.29. The van der Waals surface area contributed by atoms with Crippen molar-refractivity contribution in [2.24, 2.45) is 0 Å². The zero-order valence-corrected chi connectivity index (χ0v) is 12.0. The van der Waals surface area contributed by atoms with E-state index in [1.807, 2.05) is 6.07 Å². The summed E-state index contributed by atoms with van der Waals surface area (Å²) in [6.45, 7) is 7.37. The van der Waals surface area contributed by atoms with Gasteiger partial charge in [-0.2, -0.15) is 5.10 Å². The fourth-order valence-corrected chi connectivity index (χ4v) is 2.32. The van der Waals surface area contributed by atoms with Gasteiger partial charge in [0.15, 0.2) is 0 Å². The Hall–Kier alpha value is -1.60. The van der Waals surface area contributed by atoms with Crippen LogP contribution in [-0.4, -0.2) is 17.9 Å². The number of fused-ring (bicyclic) bond motifs is 1. The molecule has 0 spiro atoms. The van der Waals surface area contributed by atoms with E-state index in [4.69, 9.17) is 0 Å². The van der Waals surface area contributed by atoms with Crippen molar-refractivity contribution >= 4 is 19.0 Å². The van der Waals surface area contributed by atoms with Gasteiger partial charge in [0.1, 0.15) is 13.9 Å². The molecule has 0 atom stereocenters. The summed E-state index contributed by atoms with van der Waals surface area (Å²) in [5.74, 6) is 2.97. The van der Waals surface area contributed by atoms with Crippen molar-refractivity contribution in [2.75, 3.05) is 0 Å². The summed E-state index contributed by atoms with van der Waals surface area (Å²) >= 11 is 0. The molecule has 18 heavy (non-hydrogen) atoms. The summed E-state index contributed by atoms with van der Waals surface area (Å²) < 4.78 is 15.2. The highest BCUT2D eigenvalue weighted by Gasteiger charge is 2.07. The van der Waals surface area contributed by atoms with Gasteiger partial charge in [0.25, 0.3) is 0 Å². The minimum absolute atomic E-state index is 0.216.